The minimum Gasteiger partial charge on any atom is -0.381 e. The van der Waals surface area contributed by atoms with E-state index in [0.717, 1.165) is 49.9 Å². The van der Waals surface area contributed by atoms with Gasteiger partial charge in [0.2, 0.25) is 0 Å². The first-order valence-electron chi connectivity index (χ1n) is 7.94. The Bertz CT molecular complexity index is 422. The van der Waals surface area contributed by atoms with Gasteiger partial charge in [0.1, 0.15) is 0 Å². The Kier molecular flexibility index (Phi) is 7.68. The number of rotatable bonds is 9. The van der Waals surface area contributed by atoms with E-state index in [1.165, 1.54) is 12.0 Å². The fraction of sp³-hybridized carbons (Fsp3) is 0.588. The molecule has 1 saturated heterocycles. The molecule has 0 spiro atoms. The Labute approximate surface area is 132 Å². The molecule has 1 fully saturated rings. The lowest BCUT2D eigenvalue weighted by molar-refractivity contribution is 0.130. The molecule has 0 aliphatic carbocycles. The maximum absolute atomic E-state index is 5.54. The lowest BCUT2D eigenvalue weighted by atomic mass is 10.1. The van der Waals surface area contributed by atoms with Crippen LogP contribution in [0.1, 0.15) is 31.7 Å². The molecule has 0 saturated carbocycles. The molecule has 1 heterocycles. The maximum atomic E-state index is 5.54. The lowest BCUT2D eigenvalue weighted by Gasteiger charge is -2.09. The predicted octanol–water partition coefficient (Wildman–Crippen LogP) is 3.50. The molecule has 2 rings (SSSR count). The summed E-state index contributed by atoms with van der Waals surface area (Å²) < 4.78 is 5.54. The Hall–Kier alpha value is -1.00. The van der Waals surface area contributed by atoms with E-state index in [2.05, 4.69) is 47.6 Å². The molecule has 1 aromatic carbocycles. The van der Waals surface area contributed by atoms with Crippen molar-refractivity contribution < 1.29 is 4.74 Å². The first-order chi connectivity index (χ1) is 10.4. The molecule has 1 aromatic rings. The highest BCUT2D eigenvalue weighted by molar-refractivity contribution is 8.14. The van der Waals surface area contributed by atoms with Crippen molar-refractivity contribution in [3.63, 3.8) is 0 Å². The molecule has 1 atom stereocenters. The van der Waals surface area contributed by atoms with Gasteiger partial charge in [-0.05, 0) is 24.8 Å². The van der Waals surface area contributed by atoms with Gasteiger partial charge in [-0.15, -0.1) is 0 Å². The van der Waals surface area contributed by atoms with Crippen LogP contribution in [0.25, 0.3) is 0 Å². The van der Waals surface area contributed by atoms with Gasteiger partial charge in [-0.1, -0.05) is 55.4 Å². The van der Waals surface area contributed by atoms with Crippen LogP contribution in [0.2, 0.25) is 0 Å². The fourth-order valence-electron chi connectivity index (χ4n) is 2.23. The molecule has 1 aliphatic heterocycles. The summed E-state index contributed by atoms with van der Waals surface area (Å²) in [6, 6.07) is 11.2. The van der Waals surface area contributed by atoms with E-state index in [4.69, 9.17) is 4.74 Å². The lowest BCUT2D eigenvalue weighted by Crippen LogP contribution is -2.29. The molecule has 116 valence electrons. The molecule has 4 heteroatoms. The summed E-state index contributed by atoms with van der Waals surface area (Å²) in [7, 11) is 0. The van der Waals surface area contributed by atoms with Gasteiger partial charge in [0.25, 0.3) is 0 Å². The van der Waals surface area contributed by atoms with Crippen molar-refractivity contribution >= 4 is 16.9 Å². The SMILES string of the molecule is CCCCOCCCN=C1NC(Cc2ccccc2)CS1. The van der Waals surface area contributed by atoms with Gasteiger partial charge in [0.15, 0.2) is 5.17 Å². The first-order valence-corrected chi connectivity index (χ1v) is 8.92. The van der Waals surface area contributed by atoms with Gasteiger partial charge < -0.3 is 10.1 Å². The van der Waals surface area contributed by atoms with E-state index in [1.54, 1.807) is 0 Å². The van der Waals surface area contributed by atoms with E-state index in [9.17, 15) is 0 Å². The molecule has 3 nitrogen and oxygen atoms in total. The molecular weight excluding hydrogens is 280 g/mol. The van der Waals surface area contributed by atoms with Crippen LogP contribution in [0.4, 0.5) is 0 Å². The van der Waals surface area contributed by atoms with Crippen molar-refractivity contribution in [1.82, 2.24) is 5.32 Å². The number of nitrogens with one attached hydrogen (secondary N) is 1. The second-order valence-corrected chi connectivity index (χ2v) is 6.36. The molecule has 0 radical (unpaired) electrons. The minimum absolute atomic E-state index is 0.511. The fourth-order valence-corrected chi connectivity index (χ4v) is 3.23. The number of thioether (sulfide) groups is 1. The Balaban J connectivity index is 1.60. The number of amidine groups is 1. The van der Waals surface area contributed by atoms with E-state index in [0.29, 0.717) is 6.04 Å². The minimum atomic E-state index is 0.511. The summed E-state index contributed by atoms with van der Waals surface area (Å²) in [5.74, 6) is 1.11. The van der Waals surface area contributed by atoms with Crippen LogP contribution in [-0.2, 0) is 11.2 Å². The number of ether oxygens (including phenoxy) is 1. The summed E-state index contributed by atoms with van der Waals surface area (Å²) in [6.45, 7) is 4.76. The number of hydrogen-bond donors (Lipinski definition) is 1. The van der Waals surface area contributed by atoms with Gasteiger partial charge >= 0.3 is 0 Å². The van der Waals surface area contributed by atoms with Crippen molar-refractivity contribution in [2.24, 2.45) is 4.99 Å². The number of hydrogen-bond acceptors (Lipinski definition) is 3. The van der Waals surface area contributed by atoms with Crippen molar-refractivity contribution in [2.75, 3.05) is 25.5 Å². The van der Waals surface area contributed by atoms with Crippen LogP contribution >= 0.6 is 11.8 Å². The summed E-state index contributed by atoms with van der Waals surface area (Å²) in [6.07, 6.45) is 4.45. The normalized spacial score (nSPS) is 19.9. The van der Waals surface area contributed by atoms with Gasteiger partial charge in [-0.3, -0.25) is 4.99 Å². The van der Waals surface area contributed by atoms with Crippen LogP contribution in [0.3, 0.4) is 0 Å². The second-order valence-electron chi connectivity index (χ2n) is 5.35. The van der Waals surface area contributed by atoms with E-state index < -0.39 is 0 Å². The Morgan fingerprint density at radius 2 is 2.05 bits per heavy atom. The van der Waals surface area contributed by atoms with Crippen LogP contribution in [0.15, 0.2) is 35.3 Å². The van der Waals surface area contributed by atoms with Gasteiger partial charge in [-0.25, -0.2) is 0 Å². The maximum Gasteiger partial charge on any atom is 0.156 e. The van der Waals surface area contributed by atoms with Crippen LogP contribution in [-0.4, -0.2) is 36.7 Å². The van der Waals surface area contributed by atoms with E-state index in [-0.39, 0.29) is 0 Å². The van der Waals surface area contributed by atoms with Gasteiger partial charge in [0.05, 0.1) is 0 Å². The van der Waals surface area contributed by atoms with Crippen LogP contribution < -0.4 is 5.32 Å². The monoisotopic (exact) mass is 306 g/mol. The van der Waals surface area contributed by atoms with E-state index >= 15 is 0 Å². The van der Waals surface area contributed by atoms with Gasteiger partial charge in [0, 0.05) is 31.6 Å². The Morgan fingerprint density at radius 3 is 2.86 bits per heavy atom. The predicted molar refractivity (Wildman–Crippen MR) is 92.2 cm³/mol. The number of unbranched alkanes of at least 4 members (excludes halogenated alkanes) is 1. The molecule has 0 aromatic heterocycles. The number of benzene rings is 1. The number of aliphatic imine (C=N–C) groups is 1. The number of nitrogens with zero attached hydrogens (tertiary/aromatic N) is 1. The van der Waals surface area contributed by atoms with Crippen molar-refractivity contribution in [2.45, 2.75) is 38.6 Å². The third-order valence-electron chi connectivity index (χ3n) is 3.42. The Morgan fingerprint density at radius 1 is 1.24 bits per heavy atom. The first kappa shape index (κ1) is 16.4. The van der Waals surface area contributed by atoms with E-state index in [1.807, 2.05) is 11.8 Å². The zero-order valence-corrected chi connectivity index (χ0v) is 13.7. The van der Waals surface area contributed by atoms with Gasteiger partial charge in [-0.2, -0.15) is 0 Å². The highest BCUT2D eigenvalue weighted by atomic mass is 32.2. The average molecular weight is 306 g/mol. The highest BCUT2D eigenvalue weighted by Crippen LogP contribution is 2.17. The molecule has 0 amide bonds. The van der Waals surface area contributed by atoms with Crippen molar-refractivity contribution in [3.05, 3.63) is 35.9 Å². The summed E-state index contributed by atoms with van der Waals surface area (Å²) >= 11 is 1.84. The largest absolute Gasteiger partial charge is 0.381 e. The van der Waals surface area contributed by atoms with Crippen molar-refractivity contribution in [3.8, 4) is 0 Å². The highest BCUT2D eigenvalue weighted by Gasteiger charge is 2.19. The zero-order chi connectivity index (χ0) is 14.8. The molecule has 21 heavy (non-hydrogen) atoms. The third-order valence-corrected chi connectivity index (χ3v) is 4.51. The topological polar surface area (TPSA) is 33.6 Å². The van der Waals surface area contributed by atoms with Crippen LogP contribution in [0.5, 0.6) is 0 Å². The summed E-state index contributed by atoms with van der Waals surface area (Å²) in [4.78, 5) is 4.62. The summed E-state index contributed by atoms with van der Waals surface area (Å²) in [5.41, 5.74) is 1.39. The van der Waals surface area contributed by atoms with Crippen molar-refractivity contribution in [1.29, 1.82) is 0 Å². The average Bonchev–Trinajstić information content (AvgIpc) is 2.95. The molecule has 1 N–H and O–H groups in total. The zero-order valence-electron chi connectivity index (χ0n) is 12.9. The summed E-state index contributed by atoms with van der Waals surface area (Å²) in [5, 5.41) is 4.62. The molecule has 1 unspecified atom stereocenters. The molecule has 0 bridgehead atoms. The standard InChI is InChI=1S/C17H26N2OS/c1-2-3-11-20-12-7-10-18-17-19-16(14-21-17)13-15-8-5-4-6-9-15/h4-6,8-9,16H,2-3,7,10-14H2,1H3,(H,18,19). The molecule has 1 aliphatic rings. The molecular formula is C17H26N2OS. The van der Waals surface area contributed by atoms with Crippen LogP contribution in [0, 0.1) is 0 Å². The third kappa shape index (κ3) is 6.53. The quantitative estimate of drug-likeness (QED) is 0.709. The second kappa shape index (κ2) is 9.85. The smallest absolute Gasteiger partial charge is 0.156 e.